The topological polar surface area (TPSA) is 114 Å². The number of halogens is 2. The summed E-state index contributed by atoms with van der Waals surface area (Å²) in [6.07, 6.45) is 1.69. The molecule has 5 rings (SSSR count). The van der Waals surface area contributed by atoms with Gasteiger partial charge in [-0.1, -0.05) is 12.1 Å². The van der Waals surface area contributed by atoms with Crippen LogP contribution < -0.4 is 10.2 Å². The largest absolute Gasteiger partial charge is 0.415 e. The minimum Gasteiger partial charge on any atom is -0.415 e. The molecule has 1 aromatic carbocycles. The summed E-state index contributed by atoms with van der Waals surface area (Å²) in [6, 6.07) is 10.6. The summed E-state index contributed by atoms with van der Waals surface area (Å²) in [6.45, 7) is 0.414. The van der Waals surface area contributed by atoms with Crippen molar-refractivity contribution in [3.63, 3.8) is 0 Å². The third kappa shape index (κ3) is 4.86. The highest BCUT2D eigenvalue weighted by molar-refractivity contribution is 7.88. The van der Waals surface area contributed by atoms with E-state index in [1.165, 1.54) is 4.31 Å². The van der Waals surface area contributed by atoms with Crippen molar-refractivity contribution in [2.24, 2.45) is 5.92 Å². The molecule has 188 valence electrons. The quantitative estimate of drug-likeness (QED) is 0.334. The Labute approximate surface area is 207 Å². The van der Waals surface area contributed by atoms with Crippen molar-refractivity contribution in [2.75, 3.05) is 24.2 Å². The molecule has 4 heterocycles. The monoisotopic (exact) mass is 534 g/mol. The van der Waals surface area contributed by atoms with Crippen molar-refractivity contribution in [1.82, 2.24) is 23.9 Å². The lowest BCUT2D eigenvalue weighted by atomic mass is 10.0. The molecule has 1 fully saturated rings. The summed E-state index contributed by atoms with van der Waals surface area (Å²) in [5, 5.41) is 7.90. The van der Waals surface area contributed by atoms with Crippen molar-refractivity contribution in [3.05, 3.63) is 60.4 Å². The Morgan fingerprint density at radius 3 is 2.69 bits per heavy atom. The molecule has 3 aromatic heterocycles. The van der Waals surface area contributed by atoms with E-state index in [0.717, 1.165) is 11.6 Å². The molecule has 0 radical (unpaired) electrons. The fourth-order valence-corrected chi connectivity index (χ4v) is 5.10. The number of hydrogen-bond donors (Lipinski definition) is 0. The maximum absolute atomic E-state index is 13.4. The van der Waals surface area contributed by atoms with E-state index in [9.17, 15) is 22.0 Å². The maximum Gasteiger partial charge on any atom is 0.314 e. The minimum atomic E-state index is -3.35. The van der Waals surface area contributed by atoms with Crippen molar-refractivity contribution in [2.45, 2.75) is 13.0 Å². The molecule has 10 nitrogen and oxygen atoms in total. The number of rotatable bonds is 7. The molecule has 0 bridgehead atoms. The van der Waals surface area contributed by atoms with Crippen LogP contribution in [-0.4, -0.2) is 57.6 Å². The second-order valence-electron chi connectivity index (χ2n) is 8.46. The summed E-state index contributed by atoms with van der Waals surface area (Å²) in [5.41, 5.74) is 2.16. The van der Waals surface area contributed by atoms with Gasteiger partial charge in [0.25, 0.3) is 5.89 Å². The predicted molar refractivity (Wildman–Crippen MR) is 130 cm³/mol. The molecule has 1 amide bonds. The number of pyridine rings is 1. The van der Waals surface area contributed by atoms with Crippen LogP contribution in [0.5, 0.6) is 0 Å². The molecule has 0 aliphatic carbocycles. The number of benzene rings is 1. The van der Waals surface area contributed by atoms with Gasteiger partial charge in [0.05, 0.1) is 24.4 Å². The average Bonchev–Trinajstić information content (AvgIpc) is 3.42. The number of amides is 1. The number of sulfonamides is 1. The van der Waals surface area contributed by atoms with Crippen LogP contribution >= 0.6 is 9.24 Å². The lowest BCUT2D eigenvalue weighted by Gasteiger charge is -2.38. The number of alkyl halides is 2. The van der Waals surface area contributed by atoms with Gasteiger partial charge in [-0.3, -0.25) is 4.79 Å². The molecule has 4 aromatic rings. The fourth-order valence-electron chi connectivity index (χ4n) is 3.92. The molecule has 0 spiro atoms. The molecule has 1 saturated heterocycles. The van der Waals surface area contributed by atoms with Crippen LogP contribution in [0.2, 0.25) is 0 Å². The highest BCUT2D eigenvalue weighted by atomic mass is 32.2. The number of hydrogen-bond acceptors (Lipinski definition) is 7. The molecular formula is C22H21F2N6O4PS. The summed E-state index contributed by atoms with van der Waals surface area (Å²) in [7, 11) is -0.762. The number of fused-ring (bicyclic) bond motifs is 1. The van der Waals surface area contributed by atoms with Crippen molar-refractivity contribution in [1.29, 1.82) is 0 Å². The summed E-state index contributed by atoms with van der Waals surface area (Å²) in [5.74, 6) is -1.47. The molecule has 0 saturated carbocycles. The van der Waals surface area contributed by atoms with Crippen LogP contribution in [0.1, 0.15) is 18.0 Å². The van der Waals surface area contributed by atoms with E-state index < -0.39 is 28.3 Å². The van der Waals surface area contributed by atoms with Crippen LogP contribution in [-0.2, 0) is 21.4 Å². The SMILES string of the molecule is CS(=O)(=O)N1CC(C(=O)N(Cc2cn3ccc(-c4nnc(C(F)F)o4)cc3n2)c2cccc(P)c2)C1. The number of aromatic nitrogens is 4. The molecule has 1 aliphatic heterocycles. The third-order valence-corrected chi connectivity index (χ3v) is 7.41. The zero-order chi connectivity index (χ0) is 25.6. The van der Waals surface area contributed by atoms with Gasteiger partial charge in [-0.15, -0.1) is 19.4 Å². The lowest BCUT2D eigenvalue weighted by Crippen LogP contribution is -2.56. The first-order valence-electron chi connectivity index (χ1n) is 10.8. The Morgan fingerprint density at radius 1 is 1.25 bits per heavy atom. The standard InChI is InChI=1S/C22H21F2N6O4PS/c1-36(32,33)29-9-14(10-29)22(31)30(16-3-2-4-17(35)8-16)12-15-11-28-6-5-13(7-18(28)25-15)20-26-27-21(34-20)19(23)24/h2-8,11,14,19H,9-10,12,35H2,1H3. The van der Waals surface area contributed by atoms with Gasteiger partial charge in [0.15, 0.2) is 0 Å². The Hall–Kier alpha value is -3.28. The van der Waals surface area contributed by atoms with Crippen LogP contribution in [0.15, 0.2) is 53.2 Å². The van der Waals surface area contributed by atoms with Gasteiger partial charge in [-0.05, 0) is 29.6 Å². The van der Waals surface area contributed by atoms with E-state index in [4.69, 9.17) is 4.42 Å². The Balaban J connectivity index is 1.42. The van der Waals surface area contributed by atoms with Gasteiger partial charge >= 0.3 is 6.43 Å². The highest BCUT2D eigenvalue weighted by Gasteiger charge is 2.40. The lowest BCUT2D eigenvalue weighted by molar-refractivity contribution is -0.125. The minimum absolute atomic E-state index is 0.0492. The Morgan fingerprint density at radius 2 is 2.03 bits per heavy atom. The van der Waals surface area contributed by atoms with E-state index in [0.29, 0.717) is 22.6 Å². The van der Waals surface area contributed by atoms with Crippen LogP contribution in [0.4, 0.5) is 14.5 Å². The first kappa shape index (κ1) is 24.4. The van der Waals surface area contributed by atoms with Gasteiger partial charge in [-0.25, -0.2) is 17.7 Å². The first-order valence-corrected chi connectivity index (χ1v) is 13.2. The number of anilines is 1. The number of carbonyl (C=O) groups is 1. The van der Waals surface area contributed by atoms with Gasteiger partial charge < -0.3 is 13.7 Å². The van der Waals surface area contributed by atoms with E-state index >= 15 is 0 Å². The summed E-state index contributed by atoms with van der Waals surface area (Å²) < 4.78 is 57.1. The molecular weight excluding hydrogens is 513 g/mol. The first-order chi connectivity index (χ1) is 17.1. The van der Waals surface area contributed by atoms with Gasteiger partial charge in [-0.2, -0.15) is 8.78 Å². The number of carbonyl (C=O) groups excluding carboxylic acids is 1. The van der Waals surface area contributed by atoms with Crippen molar-refractivity contribution >= 4 is 41.8 Å². The summed E-state index contributed by atoms with van der Waals surface area (Å²) >= 11 is 0. The third-order valence-electron chi connectivity index (χ3n) is 5.82. The van der Waals surface area contributed by atoms with Crippen LogP contribution in [0, 0.1) is 5.92 Å². The summed E-state index contributed by atoms with van der Waals surface area (Å²) in [4.78, 5) is 19.6. The average molecular weight is 534 g/mol. The Kier molecular flexibility index (Phi) is 6.31. The van der Waals surface area contributed by atoms with Crippen molar-refractivity contribution in [3.8, 4) is 11.5 Å². The zero-order valence-electron chi connectivity index (χ0n) is 19.0. The maximum atomic E-state index is 13.4. The van der Waals surface area contributed by atoms with Gasteiger partial charge in [0, 0.05) is 36.7 Å². The molecule has 36 heavy (non-hydrogen) atoms. The fraction of sp³-hybridized carbons (Fsp3) is 0.273. The molecule has 1 aliphatic rings. The van der Waals surface area contributed by atoms with E-state index in [2.05, 4.69) is 24.4 Å². The zero-order valence-corrected chi connectivity index (χ0v) is 20.9. The second-order valence-corrected chi connectivity index (χ2v) is 11.1. The van der Waals surface area contributed by atoms with Crippen LogP contribution in [0.3, 0.4) is 0 Å². The highest BCUT2D eigenvalue weighted by Crippen LogP contribution is 2.27. The van der Waals surface area contributed by atoms with Gasteiger partial charge in [0.2, 0.25) is 21.8 Å². The molecule has 1 unspecified atom stereocenters. The Bertz CT molecular complexity index is 1550. The van der Waals surface area contributed by atoms with E-state index in [1.54, 1.807) is 33.8 Å². The normalized spacial score (nSPS) is 14.9. The van der Waals surface area contributed by atoms with Crippen LogP contribution in [0.25, 0.3) is 17.1 Å². The second kappa shape index (κ2) is 9.30. The smallest absolute Gasteiger partial charge is 0.314 e. The van der Waals surface area contributed by atoms with E-state index in [1.807, 2.05) is 24.3 Å². The van der Waals surface area contributed by atoms with Gasteiger partial charge in [0.1, 0.15) is 5.65 Å². The number of imidazole rings is 1. The molecule has 14 heteroatoms. The molecule has 0 N–H and O–H groups in total. The molecule has 1 atom stereocenters. The predicted octanol–water partition coefficient (Wildman–Crippen LogP) is 2.25. The van der Waals surface area contributed by atoms with E-state index in [-0.39, 0.29) is 31.4 Å². The van der Waals surface area contributed by atoms with Crippen molar-refractivity contribution < 1.29 is 26.4 Å². The number of nitrogens with zero attached hydrogens (tertiary/aromatic N) is 6.